The summed E-state index contributed by atoms with van der Waals surface area (Å²) >= 11 is 6.04. The average molecular weight is 436 g/mol. The summed E-state index contributed by atoms with van der Waals surface area (Å²) in [6.45, 7) is 4.06. The lowest BCUT2D eigenvalue weighted by atomic mass is 10.1. The van der Waals surface area contributed by atoms with Crippen LogP contribution in [-0.4, -0.2) is 38.6 Å². The molecule has 0 aliphatic carbocycles. The summed E-state index contributed by atoms with van der Waals surface area (Å²) in [5.74, 6) is -0.700. The molecule has 0 atom stereocenters. The van der Waals surface area contributed by atoms with Crippen LogP contribution in [0.4, 0.5) is 11.4 Å². The lowest BCUT2D eigenvalue weighted by Crippen LogP contribution is -2.31. The summed E-state index contributed by atoms with van der Waals surface area (Å²) in [6.07, 6.45) is 0.551. The van der Waals surface area contributed by atoms with E-state index in [-0.39, 0.29) is 34.5 Å². The van der Waals surface area contributed by atoms with Crippen molar-refractivity contribution in [2.24, 2.45) is 0 Å². The van der Waals surface area contributed by atoms with Gasteiger partial charge in [-0.15, -0.1) is 0 Å². The number of nitrogens with zero attached hydrogens (tertiary/aromatic N) is 1. The molecule has 7 nitrogen and oxygen atoms in total. The molecular weight excluding hydrogens is 414 g/mol. The van der Waals surface area contributed by atoms with Crippen molar-refractivity contribution in [3.63, 3.8) is 0 Å². The van der Waals surface area contributed by atoms with Gasteiger partial charge >= 0.3 is 0 Å². The monoisotopic (exact) mass is 435 g/mol. The molecule has 0 aromatic heterocycles. The molecule has 9 heteroatoms. The first-order chi connectivity index (χ1) is 13.7. The number of rotatable bonds is 5. The van der Waals surface area contributed by atoms with Crippen LogP contribution in [-0.2, 0) is 10.0 Å². The van der Waals surface area contributed by atoms with Crippen molar-refractivity contribution in [1.82, 2.24) is 5.32 Å². The van der Waals surface area contributed by atoms with Crippen LogP contribution in [0.25, 0.3) is 0 Å². The minimum atomic E-state index is -3.35. The Balaban J connectivity index is 1.87. The second kappa shape index (κ2) is 8.42. The van der Waals surface area contributed by atoms with Crippen LogP contribution in [0.15, 0.2) is 42.5 Å². The summed E-state index contributed by atoms with van der Waals surface area (Å²) in [5, 5.41) is 5.86. The highest BCUT2D eigenvalue weighted by Gasteiger charge is 2.28. The maximum absolute atomic E-state index is 12.8. The molecule has 1 aliphatic heterocycles. The fourth-order valence-electron chi connectivity index (χ4n) is 3.08. The van der Waals surface area contributed by atoms with Crippen molar-refractivity contribution in [1.29, 1.82) is 0 Å². The molecule has 0 radical (unpaired) electrons. The number of anilines is 2. The predicted octanol–water partition coefficient (Wildman–Crippen LogP) is 3.27. The van der Waals surface area contributed by atoms with Gasteiger partial charge in [0, 0.05) is 23.2 Å². The summed E-state index contributed by atoms with van der Waals surface area (Å²) in [6, 6.07) is 10.9. The van der Waals surface area contributed by atoms with E-state index in [1.165, 1.54) is 16.4 Å². The number of nitrogens with one attached hydrogen (secondary N) is 2. The maximum Gasteiger partial charge on any atom is 0.255 e. The summed E-state index contributed by atoms with van der Waals surface area (Å²) in [4.78, 5) is 25.2. The van der Waals surface area contributed by atoms with Gasteiger partial charge in [0.25, 0.3) is 11.8 Å². The van der Waals surface area contributed by atoms with E-state index >= 15 is 0 Å². The molecule has 1 heterocycles. The molecule has 2 N–H and O–H groups in total. The van der Waals surface area contributed by atoms with Gasteiger partial charge in [-0.2, -0.15) is 0 Å². The third kappa shape index (κ3) is 4.89. The standard InChI is InChI=1S/C20H22ClN3O4S/c1-13(2)22-20(26)17-8-7-15(21)12-18(17)23-19(25)14-5-3-6-16(11-14)24-9-4-10-29(24,27)28/h3,5-8,11-13H,4,9-10H2,1-2H3,(H,22,26)(H,23,25). The molecule has 0 unspecified atom stereocenters. The van der Waals surface area contributed by atoms with Gasteiger partial charge in [0.05, 0.1) is 22.7 Å². The maximum atomic E-state index is 12.8. The Bertz CT molecular complexity index is 1050. The van der Waals surface area contributed by atoms with Crippen LogP contribution in [0.3, 0.4) is 0 Å². The molecule has 0 bridgehead atoms. The number of sulfonamides is 1. The van der Waals surface area contributed by atoms with E-state index in [2.05, 4.69) is 10.6 Å². The first kappa shape index (κ1) is 21.1. The molecule has 2 amide bonds. The molecule has 29 heavy (non-hydrogen) atoms. The lowest BCUT2D eigenvalue weighted by Gasteiger charge is -2.18. The summed E-state index contributed by atoms with van der Waals surface area (Å²) in [5.41, 5.74) is 1.29. The topological polar surface area (TPSA) is 95.6 Å². The van der Waals surface area contributed by atoms with Crippen molar-refractivity contribution in [2.45, 2.75) is 26.3 Å². The Hall–Kier alpha value is -2.58. The number of carbonyl (C=O) groups is 2. The zero-order valence-electron chi connectivity index (χ0n) is 16.1. The molecule has 2 aromatic carbocycles. The number of hydrogen-bond acceptors (Lipinski definition) is 4. The molecule has 3 rings (SSSR count). The lowest BCUT2D eigenvalue weighted by molar-refractivity contribution is 0.0944. The van der Waals surface area contributed by atoms with Gasteiger partial charge in [-0.25, -0.2) is 8.42 Å². The fraction of sp³-hybridized carbons (Fsp3) is 0.300. The zero-order chi connectivity index (χ0) is 21.2. The molecule has 0 spiro atoms. The van der Waals surface area contributed by atoms with Crippen LogP contribution in [0.5, 0.6) is 0 Å². The number of carbonyl (C=O) groups excluding carboxylic acids is 2. The Labute approximate surface area is 175 Å². The number of hydrogen-bond donors (Lipinski definition) is 2. The predicted molar refractivity (Wildman–Crippen MR) is 114 cm³/mol. The van der Waals surface area contributed by atoms with Gasteiger partial charge in [-0.1, -0.05) is 17.7 Å². The van der Waals surface area contributed by atoms with Gasteiger partial charge in [-0.05, 0) is 56.7 Å². The van der Waals surface area contributed by atoms with Crippen LogP contribution in [0, 0.1) is 0 Å². The van der Waals surface area contributed by atoms with Gasteiger partial charge < -0.3 is 10.6 Å². The van der Waals surface area contributed by atoms with Gasteiger partial charge in [0.2, 0.25) is 10.0 Å². The van der Waals surface area contributed by atoms with E-state index in [1.54, 1.807) is 30.3 Å². The van der Waals surface area contributed by atoms with E-state index < -0.39 is 15.9 Å². The molecule has 1 aliphatic rings. The van der Waals surface area contributed by atoms with E-state index in [0.717, 1.165) is 0 Å². The normalized spacial score (nSPS) is 15.4. The average Bonchev–Trinajstić information content (AvgIpc) is 3.00. The van der Waals surface area contributed by atoms with E-state index in [1.807, 2.05) is 13.8 Å². The van der Waals surface area contributed by atoms with E-state index in [9.17, 15) is 18.0 Å². The first-order valence-electron chi connectivity index (χ1n) is 9.19. The zero-order valence-corrected chi connectivity index (χ0v) is 17.7. The summed E-state index contributed by atoms with van der Waals surface area (Å²) < 4.78 is 25.6. The fourth-order valence-corrected chi connectivity index (χ4v) is 4.81. The molecule has 1 saturated heterocycles. The number of halogens is 1. The highest BCUT2D eigenvalue weighted by atomic mass is 35.5. The van der Waals surface area contributed by atoms with Crippen molar-refractivity contribution < 1.29 is 18.0 Å². The van der Waals surface area contributed by atoms with Gasteiger partial charge in [-0.3, -0.25) is 13.9 Å². The quantitative estimate of drug-likeness (QED) is 0.753. The first-order valence-corrected chi connectivity index (χ1v) is 11.2. The molecule has 154 valence electrons. The largest absolute Gasteiger partial charge is 0.350 e. The molecular formula is C20H22ClN3O4S. The highest BCUT2D eigenvalue weighted by Crippen LogP contribution is 2.26. The van der Waals surface area contributed by atoms with Crippen LogP contribution >= 0.6 is 11.6 Å². The highest BCUT2D eigenvalue weighted by molar-refractivity contribution is 7.93. The second-order valence-corrected chi connectivity index (χ2v) is 9.51. The second-order valence-electron chi connectivity index (χ2n) is 7.06. The molecule has 1 fully saturated rings. The van der Waals surface area contributed by atoms with Gasteiger partial charge in [0.1, 0.15) is 0 Å². The van der Waals surface area contributed by atoms with Crippen molar-refractivity contribution in [2.75, 3.05) is 21.9 Å². The number of amides is 2. The Morgan fingerprint density at radius 2 is 1.86 bits per heavy atom. The van der Waals surface area contributed by atoms with Crippen LogP contribution < -0.4 is 14.9 Å². The van der Waals surface area contributed by atoms with Crippen molar-refractivity contribution in [3.05, 3.63) is 58.6 Å². The molecule has 0 saturated carbocycles. The van der Waals surface area contributed by atoms with Crippen LogP contribution in [0.1, 0.15) is 41.0 Å². The third-order valence-corrected chi connectivity index (χ3v) is 6.49. The Morgan fingerprint density at radius 3 is 2.52 bits per heavy atom. The SMILES string of the molecule is CC(C)NC(=O)c1ccc(Cl)cc1NC(=O)c1cccc(N2CCCS2(=O)=O)c1. The Morgan fingerprint density at radius 1 is 1.10 bits per heavy atom. The number of benzene rings is 2. The minimum absolute atomic E-state index is 0.0687. The summed E-state index contributed by atoms with van der Waals surface area (Å²) in [7, 11) is -3.35. The van der Waals surface area contributed by atoms with E-state index in [0.29, 0.717) is 23.7 Å². The van der Waals surface area contributed by atoms with Crippen molar-refractivity contribution in [3.8, 4) is 0 Å². The Kier molecular flexibility index (Phi) is 6.14. The molecule has 2 aromatic rings. The smallest absolute Gasteiger partial charge is 0.255 e. The minimum Gasteiger partial charge on any atom is -0.350 e. The third-order valence-electron chi connectivity index (χ3n) is 4.39. The van der Waals surface area contributed by atoms with E-state index in [4.69, 9.17) is 11.6 Å². The van der Waals surface area contributed by atoms with Crippen LogP contribution in [0.2, 0.25) is 5.02 Å². The van der Waals surface area contributed by atoms with Gasteiger partial charge in [0.15, 0.2) is 0 Å². The van der Waals surface area contributed by atoms with Crippen molar-refractivity contribution >= 4 is 44.8 Å².